The number of hydrogen-bond donors (Lipinski definition) is 2. The molecule has 0 aromatic heterocycles. The van der Waals surface area contributed by atoms with Crippen molar-refractivity contribution in [3.05, 3.63) is 54.1 Å². The maximum absolute atomic E-state index is 13.7. The largest absolute Gasteiger partial charge is 0.457 e. The zero-order valence-electron chi connectivity index (χ0n) is 26.2. The summed E-state index contributed by atoms with van der Waals surface area (Å²) in [6, 6.07) is 14.1. The van der Waals surface area contributed by atoms with Crippen LogP contribution in [-0.4, -0.2) is 68.0 Å². The van der Waals surface area contributed by atoms with Crippen molar-refractivity contribution < 1.29 is 22.7 Å². The zero-order chi connectivity index (χ0) is 31.1. The molecule has 2 saturated heterocycles. The first-order valence-corrected chi connectivity index (χ1v) is 18.3. The van der Waals surface area contributed by atoms with Gasteiger partial charge < -0.3 is 15.0 Å². The van der Waals surface area contributed by atoms with Crippen LogP contribution in [-0.2, 0) is 26.2 Å². The topological polar surface area (TPSA) is 108 Å². The molecule has 0 bridgehead atoms. The van der Waals surface area contributed by atoms with Gasteiger partial charge in [-0.1, -0.05) is 57.6 Å². The minimum atomic E-state index is -3.32. The van der Waals surface area contributed by atoms with Gasteiger partial charge >= 0.3 is 0 Å². The number of likely N-dealkylation sites (tertiary alicyclic amines) is 1. The van der Waals surface area contributed by atoms with Gasteiger partial charge in [-0.25, -0.2) is 8.42 Å². The van der Waals surface area contributed by atoms with E-state index >= 15 is 0 Å². The maximum Gasteiger partial charge on any atom is 0.245 e. The first-order valence-electron chi connectivity index (χ1n) is 16.4. The van der Waals surface area contributed by atoms with Gasteiger partial charge in [0.25, 0.3) is 0 Å². The summed E-state index contributed by atoms with van der Waals surface area (Å²) in [5, 5.41) is 3.17. The molecule has 2 heterocycles. The lowest BCUT2D eigenvalue weighted by Gasteiger charge is -2.45. The molecule has 1 saturated carbocycles. The number of nitrogens with zero attached hydrogens (tertiary/aromatic N) is 2. The molecule has 44 heavy (non-hydrogen) atoms. The lowest BCUT2D eigenvalue weighted by molar-refractivity contribution is -0.153. The van der Waals surface area contributed by atoms with E-state index in [1.165, 1.54) is 37.7 Å². The monoisotopic (exact) mass is 624 g/mol. The highest BCUT2D eigenvalue weighted by Gasteiger charge is 2.45. The van der Waals surface area contributed by atoms with Crippen LogP contribution < -0.4 is 14.8 Å². The Hall–Kier alpha value is -3.11. The summed E-state index contributed by atoms with van der Waals surface area (Å²) in [5.74, 6) is 2.24. The van der Waals surface area contributed by atoms with E-state index in [2.05, 4.69) is 34.0 Å². The van der Waals surface area contributed by atoms with E-state index in [9.17, 15) is 18.0 Å². The molecule has 2 N–H and O–H groups in total. The van der Waals surface area contributed by atoms with E-state index in [4.69, 9.17) is 4.74 Å². The molecule has 0 unspecified atom stereocenters. The molecule has 0 spiro atoms. The van der Waals surface area contributed by atoms with E-state index in [0.717, 1.165) is 58.0 Å². The van der Waals surface area contributed by atoms with Gasteiger partial charge in [0.15, 0.2) is 0 Å². The number of ether oxygens (including phenoxy) is 1. The van der Waals surface area contributed by atoms with Gasteiger partial charge in [0.1, 0.15) is 23.6 Å². The summed E-state index contributed by atoms with van der Waals surface area (Å²) in [4.78, 5) is 31.6. The van der Waals surface area contributed by atoms with E-state index in [-0.39, 0.29) is 29.8 Å². The van der Waals surface area contributed by atoms with Crippen molar-refractivity contribution in [3.8, 4) is 11.5 Å². The first-order chi connectivity index (χ1) is 21.2. The van der Waals surface area contributed by atoms with Gasteiger partial charge in [-0.2, -0.15) is 0 Å². The van der Waals surface area contributed by atoms with E-state index < -0.39 is 10.0 Å². The fourth-order valence-corrected chi connectivity index (χ4v) is 7.61. The van der Waals surface area contributed by atoms with Gasteiger partial charge in [0.05, 0.1) is 6.26 Å². The van der Waals surface area contributed by atoms with Crippen molar-refractivity contribution in [2.75, 3.05) is 30.6 Å². The lowest BCUT2D eigenvalue weighted by Crippen LogP contribution is -2.66. The second-order valence-electron chi connectivity index (χ2n) is 12.9. The van der Waals surface area contributed by atoms with Crippen molar-refractivity contribution in [2.45, 2.75) is 89.8 Å². The lowest BCUT2D eigenvalue weighted by atomic mass is 9.82. The summed E-state index contributed by atoms with van der Waals surface area (Å²) >= 11 is 0. The second kappa shape index (κ2) is 14.8. The molecule has 5 rings (SSSR count). The predicted molar refractivity (Wildman–Crippen MR) is 173 cm³/mol. The van der Waals surface area contributed by atoms with Gasteiger partial charge in [-0.3, -0.25) is 19.2 Å². The summed E-state index contributed by atoms with van der Waals surface area (Å²) in [5.41, 5.74) is 1.67. The number of piperazine rings is 1. The molecule has 10 heteroatoms. The third-order valence-corrected chi connectivity index (χ3v) is 9.96. The summed E-state index contributed by atoms with van der Waals surface area (Å²) < 4.78 is 31.2. The number of carbonyl (C=O) groups is 2. The number of amides is 2. The van der Waals surface area contributed by atoms with Crippen LogP contribution in [0.4, 0.5) is 5.69 Å². The molecule has 1 aliphatic carbocycles. The first kappa shape index (κ1) is 32.3. The predicted octanol–water partition coefficient (Wildman–Crippen LogP) is 5.53. The fraction of sp³-hybridized carbons (Fsp3) is 0.588. The molecule has 9 nitrogen and oxygen atoms in total. The average molecular weight is 625 g/mol. The summed E-state index contributed by atoms with van der Waals surface area (Å²) in [6.07, 6.45) is 11.7. The third kappa shape index (κ3) is 8.75. The number of hydrogen-bond acceptors (Lipinski definition) is 6. The zero-order valence-corrected chi connectivity index (χ0v) is 27.0. The molecule has 2 atom stereocenters. The Morgan fingerprint density at radius 3 is 2.16 bits per heavy atom. The number of sulfonamides is 1. The molecule has 2 aromatic carbocycles. The van der Waals surface area contributed by atoms with Gasteiger partial charge in [0.2, 0.25) is 21.8 Å². The highest BCUT2D eigenvalue weighted by Crippen LogP contribution is 2.32. The normalized spacial score (nSPS) is 22.5. The number of anilines is 1. The van der Waals surface area contributed by atoms with Crippen molar-refractivity contribution in [1.82, 2.24) is 15.1 Å². The minimum absolute atomic E-state index is 0.0526. The van der Waals surface area contributed by atoms with Gasteiger partial charge in [-0.15, -0.1) is 0 Å². The van der Waals surface area contributed by atoms with E-state index in [1.54, 1.807) is 24.3 Å². The Bertz CT molecular complexity index is 1350. The van der Waals surface area contributed by atoms with E-state index in [0.29, 0.717) is 29.6 Å². The van der Waals surface area contributed by atoms with Crippen molar-refractivity contribution in [3.63, 3.8) is 0 Å². The number of rotatable bonds is 12. The Morgan fingerprint density at radius 2 is 1.55 bits per heavy atom. The van der Waals surface area contributed by atoms with Crippen LogP contribution in [0.25, 0.3) is 0 Å². The molecule has 3 fully saturated rings. The SMILES string of the molecule is CCCCN1C(=O)[C@H](CC2CCCCC2)NC(=O)[C@@H]1C1CCN(Cc2ccc(Oc3ccc(NS(C)(=O)=O)cc3)cc2)CC1. The Kier molecular flexibility index (Phi) is 10.8. The van der Waals surface area contributed by atoms with Crippen molar-refractivity contribution in [1.29, 1.82) is 0 Å². The van der Waals surface area contributed by atoms with Gasteiger partial charge in [-0.05, 0) is 92.6 Å². The van der Waals surface area contributed by atoms with Crippen LogP contribution in [0.1, 0.15) is 76.7 Å². The van der Waals surface area contributed by atoms with Gasteiger partial charge in [0, 0.05) is 18.8 Å². The molecule has 0 radical (unpaired) electrons. The summed E-state index contributed by atoms with van der Waals surface area (Å²) in [6.45, 7) is 5.41. The van der Waals surface area contributed by atoms with Crippen LogP contribution in [0.5, 0.6) is 11.5 Å². The van der Waals surface area contributed by atoms with Crippen molar-refractivity contribution >= 4 is 27.5 Å². The van der Waals surface area contributed by atoms with Crippen LogP contribution in [0.2, 0.25) is 0 Å². The molecular weight excluding hydrogens is 576 g/mol. The molecule has 240 valence electrons. The van der Waals surface area contributed by atoms with E-state index in [1.807, 2.05) is 17.0 Å². The number of carbonyl (C=O) groups excluding carboxylic acids is 2. The quantitative estimate of drug-likeness (QED) is 0.322. The van der Waals surface area contributed by atoms with Crippen LogP contribution >= 0.6 is 0 Å². The highest BCUT2D eigenvalue weighted by molar-refractivity contribution is 7.92. The molecule has 3 aliphatic rings. The average Bonchev–Trinajstić information content (AvgIpc) is 3.00. The second-order valence-corrected chi connectivity index (χ2v) is 14.6. The number of benzene rings is 2. The molecule has 2 aliphatic heterocycles. The molecular formula is C34H48N4O5S. The minimum Gasteiger partial charge on any atom is -0.457 e. The Labute approximate surface area is 262 Å². The molecule has 2 amide bonds. The van der Waals surface area contributed by atoms with Crippen LogP contribution in [0.15, 0.2) is 48.5 Å². The molecule has 2 aromatic rings. The standard InChI is InChI=1S/C34H48N4O5S/c1-3-4-20-38-32(33(39)35-31(34(38)40)23-25-8-6-5-7-9-25)27-18-21-37(22-19-27)24-26-10-14-29(15-11-26)43-30-16-12-28(13-17-30)36-44(2,41)42/h10-17,25,27,31-32,36H,3-9,18-24H2,1-2H3,(H,35,39)/t31-,32-/m0/s1. The number of nitrogens with one attached hydrogen (secondary N) is 2. The van der Waals surface area contributed by atoms with Crippen LogP contribution in [0.3, 0.4) is 0 Å². The van der Waals surface area contributed by atoms with Crippen LogP contribution in [0, 0.1) is 11.8 Å². The van der Waals surface area contributed by atoms with Crippen molar-refractivity contribution in [2.24, 2.45) is 11.8 Å². The fourth-order valence-electron chi connectivity index (χ4n) is 7.05. The Balaban J connectivity index is 1.13. The maximum atomic E-state index is 13.7. The third-order valence-electron chi connectivity index (χ3n) is 9.35. The highest BCUT2D eigenvalue weighted by atomic mass is 32.2. The smallest absolute Gasteiger partial charge is 0.245 e. The summed E-state index contributed by atoms with van der Waals surface area (Å²) in [7, 11) is -3.32. The number of piperidine rings is 1. The number of unbranched alkanes of at least 4 members (excludes halogenated alkanes) is 1. The Morgan fingerprint density at radius 1 is 0.909 bits per heavy atom.